The predicted molar refractivity (Wildman–Crippen MR) is 318 cm³/mol. The smallest absolute Gasteiger partial charge is 0.547 e. The van der Waals surface area contributed by atoms with Crippen LogP contribution in [-0.4, -0.2) is 68.0 Å². The van der Waals surface area contributed by atoms with Gasteiger partial charge in [-0.15, -0.1) is 0 Å². The van der Waals surface area contributed by atoms with Gasteiger partial charge < -0.3 is 19.8 Å². The molecule has 440 valence electrons. The summed E-state index contributed by atoms with van der Waals surface area (Å²) >= 11 is 8.63. The van der Waals surface area contributed by atoms with Gasteiger partial charge in [0.1, 0.15) is 11.1 Å². The Labute approximate surface area is 533 Å². The molecule has 0 radical (unpaired) electrons. The summed E-state index contributed by atoms with van der Waals surface area (Å²) in [6.45, 7) is 24.8. The van der Waals surface area contributed by atoms with Gasteiger partial charge in [-0.3, -0.25) is 29.0 Å². The van der Waals surface area contributed by atoms with Crippen LogP contribution in [0, 0.1) is 22.7 Å². The van der Waals surface area contributed by atoms with Crippen LogP contribution in [0.4, 0.5) is 0 Å². The van der Waals surface area contributed by atoms with Crippen molar-refractivity contribution in [2.75, 3.05) is 11.5 Å². The van der Waals surface area contributed by atoms with E-state index in [0.717, 1.165) is 46.6 Å². The molecule has 0 aromatic carbocycles. The van der Waals surface area contributed by atoms with E-state index < -0.39 is 46.6 Å². The number of carboxylic acid groups (broad SMARTS) is 2. The molecule has 10 nitrogen and oxygen atoms in total. The second-order valence-corrected chi connectivity index (χ2v) is 25.0. The summed E-state index contributed by atoms with van der Waals surface area (Å²) in [5.41, 5.74) is -1.51. The molecule has 2 saturated heterocycles. The first kappa shape index (κ1) is 79.5. The molecule has 4 atom stereocenters. The molecule has 0 bridgehead atoms. The van der Waals surface area contributed by atoms with Crippen LogP contribution >= 0.6 is 25.3 Å². The predicted octanol–water partition coefficient (Wildman–Crippen LogP) is 8.86. The topological polar surface area (TPSA) is 155 Å². The maximum Gasteiger partial charge on any atom is 1.00 e. The first-order valence-corrected chi connectivity index (χ1v) is 32.0. The molecule has 2 aliphatic heterocycles. The molecule has 4 amide bonds. The molecule has 2 heterocycles. The Hall–Kier alpha value is -0.600. The minimum Gasteiger partial charge on any atom is -0.547 e. The zero-order valence-corrected chi connectivity index (χ0v) is 58.5. The normalized spacial score (nSPS) is 17.1. The van der Waals surface area contributed by atoms with Crippen LogP contribution in [0.3, 0.4) is 0 Å². The Bertz CT molecular complexity index is 1690. The van der Waals surface area contributed by atoms with Crippen molar-refractivity contribution in [3.05, 3.63) is 22.3 Å². The molecule has 0 spiro atoms. The number of imide groups is 2. The van der Waals surface area contributed by atoms with E-state index in [1.165, 1.54) is 167 Å². The number of amides is 4. The van der Waals surface area contributed by atoms with Gasteiger partial charge in [0, 0.05) is 37.2 Å². The Morgan fingerprint density at radius 2 is 0.603 bits per heavy atom. The summed E-state index contributed by atoms with van der Waals surface area (Å²) < 4.78 is 0. The summed E-state index contributed by atoms with van der Waals surface area (Å²) in [4.78, 5) is 76.8. The third-order valence-corrected chi connectivity index (χ3v) is 19.7. The van der Waals surface area contributed by atoms with Gasteiger partial charge in [-0.05, 0) is 74.3 Å². The molecular weight excluding hydrogens is 1030 g/mol. The first-order valence-electron chi connectivity index (χ1n) is 30.7. The van der Waals surface area contributed by atoms with Crippen LogP contribution in [0.2, 0.25) is 0 Å². The Balaban J connectivity index is 0. The zero-order chi connectivity index (χ0) is 57.5. The van der Waals surface area contributed by atoms with Gasteiger partial charge in [0.05, 0.1) is 11.9 Å². The third kappa shape index (κ3) is 24.2. The van der Waals surface area contributed by atoms with E-state index in [-0.39, 0.29) is 107 Å². The molecule has 0 N–H and O–H groups in total. The Kier molecular flexibility index (Phi) is 43.0. The van der Waals surface area contributed by atoms with Crippen LogP contribution in [-0.2, 0) is 28.8 Å². The summed E-state index contributed by atoms with van der Waals surface area (Å²) in [5, 5.41) is 24.9. The number of unbranched alkanes of at least 4 members (excludes halogenated alkanes) is 26. The molecule has 0 aliphatic carbocycles. The van der Waals surface area contributed by atoms with Crippen molar-refractivity contribution in [1.82, 2.24) is 9.80 Å². The van der Waals surface area contributed by atoms with Gasteiger partial charge in [0.15, 0.2) is 0 Å². The standard InChI is InChI=1S/2C32H57NO4S.2Na/c2*1-7-8-9-10-11-12-13-14-15-16-17-18-19-20-21-25(2)31(5,6)26(3)27(4)32(24-38,30(36)37)33-28(34)22-23-29(33)35;;/h2*25,38H,7-24H2,1-6H3,(H,36,37);;/q;;2*+1/p-2/t2*25?,32-;;/m11../s1. The average molecular weight is 1150 g/mol. The van der Waals surface area contributed by atoms with Crippen LogP contribution < -0.4 is 69.3 Å². The van der Waals surface area contributed by atoms with Crippen molar-refractivity contribution in [3.8, 4) is 0 Å². The number of carbonyl (C=O) groups is 6. The monoisotopic (exact) mass is 1150 g/mol. The Morgan fingerprint density at radius 3 is 0.782 bits per heavy atom. The second-order valence-electron chi connectivity index (χ2n) is 24.4. The number of carboxylic acids is 2. The fourth-order valence-corrected chi connectivity index (χ4v) is 12.7. The fourth-order valence-electron chi connectivity index (χ4n) is 11.7. The number of aliphatic carboxylic acids is 2. The number of nitrogens with zero attached hydrogens (tertiary/aromatic N) is 2. The van der Waals surface area contributed by atoms with E-state index in [4.69, 9.17) is 0 Å². The second kappa shape index (κ2) is 42.2. The number of hydrogen-bond donors (Lipinski definition) is 2. The van der Waals surface area contributed by atoms with Crippen molar-refractivity contribution >= 4 is 60.8 Å². The number of hydrogen-bond acceptors (Lipinski definition) is 10. The van der Waals surface area contributed by atoms with Crippen molar-refractivity contribution in [3.63, 3.8) is 0 Å². The molecule has 14 heteroatoms. The summed E-state index contributed by atoms with van der Waals surface area (Å²) in [5.74, 6) is -4.49. The largest absolute Gasteiger partial charge is 1.00 e. The fraction of sp³-hybridized carbons (Fsp3) is 0.844. The quantitative estimate of drug-likeness (QED) is 0.0202. The molecular formula is C64H112N2Na2O8S2. The molecule has 2 fully saturated rings. The maximum atomic E-state index is 12.5. The molecule has 0 aromatic rings. The van der Waals surface area contributed by atoms with Crippen molar-refractivity contribution in [2.45, 2.75) is 312 Å². The summed E-state index contributed by atoms with van der Waals surface area (Å²) in [6.07, 6.45) is 39.6. The minimum absolute atomic E-state index is 0. The molecule has 0 saturated carbocycles. The average Bonchev–Trinajstić information content (AvgIpc) is 3.91. The third-order valence-electron chi connectivity index (χ3n) is 18.7. The van der Waals surface area contributed by atoms with Gasteiger partial charge in [-0.25, -0.2) is 0 Å². The van der Waals surface area contributed by atoms with Crippen molar-refractivity contribution in [1.29, 1.82) is 0 Å². The van der Waals surface area contributed by atoms with Crippen LogP contribution in [0.1, 0.15) is 301 Å². The molecule has 0 aromatic heterocycles. The molecule has 78 heavy (non-hydrogen) atoms. The molecule has 2 rings (SSSR count). The van der Waals surface area contributed by atoms with Crippen LogP contribution in [0.5, 0.6) is 0 Å². The zero-order valence-electron chi connectivity index (χ0n) is 52.7. The van der Waals surface area contributed by atoms with Gasteiger partial charge >= 0.3 is 59.1 Å². The van der Waals surface area contributed by atoms with Gasteiger partial charge in [0.2, 0.25) is 23.6 Å². The number of likely N-dealkylation sites (tertiary alicyclic amines) is 2. The van der Waals surface area contributed by atoms with Gasteiger partial charge in [0.25, 0.3) is 0 Å². The Morgan fingerprint density at radius 1 is 0.410 bits per heavy atom. The SMILES string of the molecule is CCCCCCCCCCCCCCCCC(C)C(C)(C)C(C)=C(C)[C@](CS)(C(=O)[O-])N1C(=O)CCC1=O.CCCCCCCCCCCCCCCCC(C)C(C)(C)C(C)=C(C)[C@](CS)(C(=O)[O-])N1C(=O)CCC1=O.[Na+].[Na+]. The number of thiol groups is 2. The van der Waals surface area contributed by atoms with E-state index in [0.29, 0.717) is 23.0 Å². The summed E-state index contributed by atoms with van der Waals surface area (Å²) in [6, 6.07) is 0. The van der Waals surface area contributed by atoms with E-state index in [9.17, 15) is 39.0 Å². The van der Waals surface area contributed by atoms with E-state index in [1.807, 2.05) is 13.8 Å². The number of allylic oxidation sites excluding steroid dienone is 2. The first-order chi connectivity index (χ1) is 36.0. The van der Waals surface area contributed by atoms with Crippen LogP contribution in [0.15, 0.2) is 22.3 Å². The molecule has 2 aliphatic rings. The van der Waals surface area contributed by atoms with Gasteiger partial charge in [-0.1, -0.05) is 246 Å². The molecule has 2 unspecified atom stereocenters. The van der Waals surface area contributed by atoms with Gasteiger partial charge in [-0.2, -0.15) is 25.3 Å². The number of rotatable bonds is 42. The minimum atomic E-state index is -1.84. The maximum absolute atomic E-state index is 12.5. The number of carbonyl (C=O) groups excluding carboxylic acids is 6. The van der Waals surface area contributed by atoms with E-state index in [1.54, 1.807) is 13.8 Å². The van der Waals surface area contributed by atoms with Crippen molar-refractivity contribution < 1.29 is 98.1 Å². The van der Waals surface area contributed by atoms with E-state index >= 15 is 0 Å². The summed E-state index contributed by atoms with van der Waals surface area (Å²) in [7, 11) is 0. The van der Waals surface area contributed by atoms with Crippen molar-refractivity contribution in [2.24, 2.45) is 22.7 Å². The van der Waals surface area contributed by atoms with Crippen LogP contribution in [0.25, 0.3) is 0 Å². The van der Waals surface area contributed by atoms with E-state index in [2.05, 4.69) is 80.6 Å².